The SMILES string of the molecule is CC(C)(O)C(C)(C)OB(O)/C=C/CO[C@@H]1CCCCO1. The molecule has 0 aromatic rings. The van der Waals surface area contributed by atoms with Crippen molar-refractivity contribution in [1.82, 2.24) is 0 Å². The first kappa shape index (κ1) is 17.7. The zero-order valence-corrected chi connectivity index (χ0v) is 13.0. The molecular weight excluding hydrogens is 259 g/mol. The fourth-order valence-corrected chi connectivity index (χ4v) is 1.66. The van der Waals surface area contributed by atoms with Crippen LogP contribution in [-0.4, -0.2) is 48.0 Å². The Kier molecular flexibility index (Phi) is 6.68. The molecule has 0 aromatic carbocycles. The predicted octanol–water partition coefficient (Wildman–Crippen LogP) is 1.67. The van der Waals surface area contributed by atoms with Crippen LogP contribution in [0.4, 0.5) is 0 Å². The van der Waals surface area contributed by atoms with Crippen molar-refractivity contribution >= 4 is 7.12 Å². The van der Waals surface area contributed by atoms with Gasteiger partial charge in [-0.15, -0.1) is 0 Å². The third kappa shape index (κ3) is 5.93. The molecule has 0 unspecified atom stereocenters. The fraction of sp³-hybridized carbons (Fsp3) is 0.857. The zero-order valence-electron chi connectivity index (χ0n) is 13.0. The largest absolute Gasteiger partial charge is 0.483 e. The van der Waals surface area contributed by atoms with Crippen LogP contribution >= 0.6 is 0 Å². The van der Waals surface area contributed by atoms with Gasteiger partial charge in [0.05, 0.1) is 17.8 Å². The van der Waals surface area contributed by atoms with Crippen LogP contribution in [-0.2, 0) is 14.1 Å². The van der Waals surface area contributed by atoms with E-state index in [1.807, 2.05) is 0 Å². The molecule has 1 saturated heterocycles. The molecule has 0 amide bonds. The van der Waals surface area contributed by atoms with Crippen LogP contribution in [0.1, 0.15) is 47.0 Å². The summed E-state index contributed by atoms with van der Waals surface area (Å²) in [7, 11) is -1.08. The van der Waals surface area contributed by atoms with Gasteiger partial charge in [0.25, 0.3) is 0 Å². The van der Waals surface area contributed by atoms with Crippen LogP contribution in [0.25, 0.3) is 0 Å². The van der Waals surface area contributed by atoms with Crippen molar-refractivity contribution in [3.8, 4) is 0 Å². The number of ether oxygens (including phenoxy) is 2. The molecule has 1 aliphatic heterocycles. The van der Waals surface area contributed by atoms with Gasteiger partial charge >= 0.3 is 7.12 Å². The number of aliphatic hydroxyl groups is 1. The molecule has 1 atom stereocenters. The Morgan fingerprint density at radius 3 is 2.55 bits per heavy atom. The van der Waals surface area contributed by atoms with Gasteiger partial charge in [0, 0.05) is 6.61 Å². The van der Waals surface area contributed by atoms with E-state index in [2.05, 4.69) is 0 Å². The highest BCUT2D eigenvalue weighted by Gasteiger charge is 2.38. The van der Waals surface area contributed by atoms with E-state index in [-0.39, 0.29) is 6.29 Å². The van der Waals surface area contributed by atoms with E-state index in [0.29, 0.717) is 6.61 Å². The zero-order chi connectivity index (χ0) is 15.2. The molecule has 1 rings (SSSR count). The Hall–Kier alpha value is -0.395. The first-order valence-electron chi connectivity index (χ1n) is 7.20. The van der Waals surface area contributed by atoms with Gasteiger partial charge in [-0.25, -0.2) is 0 Å². The molecule has 20 heavy (non-hydrogen) atoms. The molecule has 0 aliphatic carbocycles. The Labute approximate surface area is 122 Å². The first-order chi connectivity index (χ1) is 9.22. The standard InChI is InChI=1S/C14H27BO5/c1-13(2,16)14(3,4)20-15(17)9-7-11-19-12-8-5-6-10-18-12/h7,9,12,16-17H,5-6,8,10-11H2,1-4H3/b9-7+/t12-/m1/s1. The minimum absolute atomic E-state index is 0.140. The lowest BCUT2D eigenvalue weighted by Crippen LogP contribution is -2.50. The van der Waals surface area contributed by atoms with Crippen LogP contribution in [0.2, 0.25) is 0 Å². The molecular formula is C14H27BO5. The Morgan fingerprint density at radius 1 is 1.30 bits per heavy atom. The second kappa shape index (κ2) is 7.57. The maximum atomic E-state index is 9.93. The van der Waals surface area contributed by atoms with Crippen molar-refractivity contribution in [3.63, 3.8) is 0 Å². The van der Waals surface area contributed by atoms with E-state index >= 15 is 0 Å². The van der Waals surface area contributed by atoms with Crippen LogP contribution in [0.3, 0.4) is 0 Å². The molecule has 0 spiro atoms. The molecule has 6 heteroatoms. The molecule has 0 aromatic heterocycles. The van der Waals surface area contributed by atoms with Crippen LogP contribution in [0, 0.1) is 0 Å². The topological polar surface area (TPSA) is 68.2 Å². The van der Waals surface area contributed by atoms with E-state index in [1.165, 1.54) is 5.98 Å². The summed E-state index contributed by atoms with van der Waals surface area (Å²) < 4.78 is 16.4. The highest BCUT2D eigenvalue weighted by Crippen LogP contribution is 2.25. The number of hydrogen-bond donors (Lipinski definition) is 2. The molecule has 2 N–H and O–H groups in total. The van der Waals surface area contributed by atoms with Crippen molar-refractivity contribution in [1.29, 1.82) is 0 Å². The third-order valence-electron chi connectivity index (χ3n) is 3.71. The lowest BCUT2D eigenvalue weighted by Gasteiger charge is -2.38. The molecule has 1 heterocycles. The Bertz CT molecular complexity index is 305. The van der Waals surface area contributed by atoms with Crippen molar-refractivity contribution in [2.24, 2.45) is 0 Å². The summed E-state index contributed by atoms with van der Waals surface area (Å²) in [5.74, 6) is 1.51. The second-order valence-corrected chi connectivity index (χ2v) is 6.14. The lowest BCUT2D eigenvalue weighted by atomic mass is 9.83. The first-order valence-corrected chi connectivity index (χ1v) is 7.20. The second-order valence-electron chi connectivity index (χ2n) is 6.14. The van der Waals surface area contributed by atoms with E-state index in [0.717, 1.165) is 25.9 Å². The highest BCUT2D eigenvalue weighted by molar-refractivity contribution is 6.49. The molecule has 1 aliphatic rings. The van der Waals surface area contributed by atoms with Gasteiger partial charge in [0.2, 0.25) is 0 Å². The van der Waals surface area contributed by atoms with Gasteiger partial charge in [0.15, 0.2) is 6.29 Å². The molecule has 5 nitrogen and oxygen atoms in total. The minimum atomic E-state index is -1.08. The average molecular weight is 286 g/mol. The van der Waals surface area contributed by atoms with Crippen LogP contribution < -0.4 is 0 Å². The fourth-order valence-electron chi connectivity index (χ4n) is 1.66. The van der Waals surface area contributed by atoms with Crippen molar-refractivity contribution in [3.05, 3.63) is 12.1 Å². The minimum Gasteiger partial charge on any atom is -0.423 e. The summed E-state index contributed by atoms with van der Waals surface area (Å²) in [6.45, 7) is 7.88. The molecule has 116 valence electrons. The van der Waals surface area contributed by atoms with Gasteiger partial charge in [-0.3, -0.25) is 0 Å². The maximum Gasteiger partial charge on any atom is 0.483 e. The maximum absolute atomic E-state index is 9.93. The van der Waals surface area contributed by atoms with E-state index < -0.39 is 18.3 Å². The van der Waals surface area contributed by atoms with Crippen LogP contribution in [0.5, 0.6) is 0 Å². The Morgan fingerprint density at radius 2 is 2.00 bits per heavy atom. The summed E-state index contributed by atoms with van der Waals surface area (Å²) >= 11 is 0. The van der Waals surface area contributed by atoms with Gasteiger partial charge in [-0.2, -0.15) is 0 Å². The van der Waals surface area contributed by atoms with E-state index in [1.54, 1.807) is 33.8 Å². The van der Waals surface area contributed by atoms with Gasteiger partial charge in [-0.1, -0.05) is 12.1 Å². The summed E-state index contributed by atoms with van der Waals surface area (Å²) in [6, 6.07) is 0. The Balaban J connectivity index is 2.27. The van der Waals surface area contributed by atoms with Gasteiger partial charge in [0.1, 0.15) is 0 Å². The highest BCUT2D eigenvalue weighted by atomic mass is 16.7. The van der Waals surface area contributed by atoms with Crippen molar-refractivity contribution in [2.75, 3.05) is 13.2 Å². The van der Waals surface area contributed by atoms with Crippen molar-refractivity contribution in [2.45, 2.75) is 64.4 Å². The molecule has 1 fully saturated rings. The quantitative estimate of drug-likeness (QED) is 0.697. The molecule has 0 bridgehead atoms. The lowest BCUT2D eigenvalue weighted by molar-refractivity contribution is -0.155. The smallest absolute Gasteiger partial charge is 0.423 e. The van der Waals surface area contributed by atoms with Gasteiger partial charge < -0.3 is 24.3 Å². The van der Waals surface area contributed by atoms with E-state index in [4.69, 9.17) is 14.1 Å². The monoisotopic (exact) mass is 286 g/mol. The third-order valence-corrected chi connectivity index (χ3v) is 3.71. The number of rotatable bonds is 7. The molecule has 0 radical (unpaired) electrons. The summed E-state index contributed by atoms with van der Waals surface area (Å²) in [5.41, 5.74) is -1.90. The average Bonchev–Trinajstić information content (AvgIpc) is 2.34. The summed E-state index contributed by atoms with van der Waals surface area (Å²) in [6.07, 6.45) is 4.69. The van der Waals surface area contributed by atoms with Crippen LogP contribution in [0.15, 0.2) is 12.1 Å². The van der Waals surface area contributed by atoms with Crippen molar-refractivity contribution < 1.29 is 24.3 Å². The van der Waals surface area contributed by atoms with E-state index in [9.17, 15) is 10.1 Å². The normalized spacial score (nSPS) is 21.4. The summed E-state index contributed by atoms with van der Waals surface area (Å²) in [4.78, 5) is 0. The molecule has 0 saturated carbocycles. The number of hydrogen-bond acceptors (Lipinski definition) is 5. The van der Waals surface area contributed by atoms with Gasteiger partial charge in [-0.05, 0) is 47.0 Å². The predicted molar refractivity (Wildman–Crippen MR) is 78.1 cm³/mol. The summed E-state index contributed by atoms with van der Waals surface area (Å²) in [5, 5.41) is 19.7.